The van der Waals surface area contributed by atoms with Crippen LogP contribution in [0.4, 0.5) is 11.5 Å². The van der Waals surface area contributed by atoms with E-state index in [9.17, 15) is 0 Å². The van der Waals surface area contributed by atoms with Gasteiger partial charge in [-0.25, -0.2) is 9.67 Å². The van der Waals surface area contributed by atoms with Gasteiger partial charge < -0.3 is 9.80 Å². The number of aromatic nitrogens is 4. The summed E-state index contributed by atoms with van der Waals surface area (Å²) in [7, 11) is 2.07. The summed E-state index contributed by atoms with van der Waals surface area (Å²) in [5.41, 5.74) is 2.23. The Kier molecular flexibility index (Phi) is 4.26. The van der Waals surface area contributed by atoms with Crippen LogP contribution in [0.25, 0.3) is 16.9 Å². The largest absolute Gasteiger partial charge is 0.372 e. The number of hydrogen-bond donors (Lipinski definition) is 0. The molecule has 0 N–H and O–H groups in total. The lowest BCUT2D eigenvalue weighted by Crippen LogP contribution is -2.29. The number of benzene rings is 1. The normalized spacial score (nSPS) is 14.9. The van der Waals surface area contributed by atoms with E-state index >= 15 is 0 Å². The van der Waals surface area contributed by atoms with E-state index in [1.807, 2.05) is 12.3 Å². The van der Waals surface area contributed by atoms with Gasteiger partial charge in [-0.15, -0.1) is 0 Å². The Morgan fingerprint density at radius 1 is 1.12 bits per heavy atom. The molecule has 6 nitrogen and oxygen atoms in total. The van der Waals surface area contributed by atoms with Crippen molar-refractivity contribution < 1.29 is 0 Å². The third-order valence-corrected chi connectivity index (χ3v) is 4.91. The minimum absolute atomic E-state index is 0.610. The molecule has 25 heavy (non-hydrogen) atoms. The highest BCUT2D eigenvalue weighted by Crippen LogP contribution is 2.29. The van der Waals surface area contributed by atoms with E-state index in [0.717, 1.165) is 36.4 Å². The summed E-state index contributed by atoms with van der Waals surface area (Å²) in [4.78, 5) is 14.2. The number of rotatable bonds is 4. The van der Waals surface area contributed by atoms with Crippen molar-refractivity contribution in [2.45, 2.75) is 26.2 Å². The lowest BCUT2D eigenvalue weighted by atomic mass is 10.1. The average Bonchev–Trinajstić information content (AvgIpc) is 3.21. The standard InChI is InChI=1S/C19H24N6/c1-3-23(2)18-16-14-15(24-11-5-4-6-12-24)8-9-17(16)21-19(22-18)25-13-7-10-20-25/h7-10,13-14H,3-6,11-12H2,1-2H3. The van der Waals surface area contributed by atoms with E-state index in [1.165, 1.54) is 24.9 Å². The lowest BCUT2D eigenvalue weighted by molar-refractivity contribution is 0.578. The molecule has 1 aromatic carbocycles. The van der Waals surface area contributed by atoms with E-state index in [1.54, 1.807) is 10.9 Å². The maximum absolute atomic E-state index is 4.80. The number of fused-ring (bicyclic) bond motifs is 1. The SMILES string of the molecule is CCN(C)c1nc(-n2cccn2)nc2ccc(N3CCCCC3)cc12. The molecule has 130 valence electrons. The van der Waals surface area contributed by atoms with E-state index < -0.39 is 0 Å². The molecule has 1 fully saturated rings. The van der Waals surface area contributed by atoms with Gasteiger partial charge in [0.25, 0.3) is 5.95 Å². The second-order valence-corrected chi connectivity index (χ2v) is 6.56. The van der Waals surface area contributed by atoms with Crippen molar-refractivity contribution in [3.05, 3.63) is 36.7 Å². The highest BCUT2D eigenvalue weighted by Gasteiger charge is 2.16. The van der Waals surface area contributed by atoms with E-state index in [2.05, 4.69) is 47.1 Å². The monoisotopic (exact) mass is 336 g/mol. The molecule has 6 heteroatoms. The molecular weight excluding hydrogens is 312 g/mol. The molecular formula is C19H24N6. The first-order valence-electron chi connectivity index (χ1n) is 9.04. The van der Waals surface area contributed by atoms with Crippen molar-refractivity contribution in [1.82, 2.24) is 19.7 Å². The molecule has 0 aliphatic carbocycles. The zero-order chi connectivity index (χ0) is 17.2. The van der Waals surface area contributed by atoms with Gasteiger partial charge in [-0.3, -0.25) is 0 Å². The summed E-state index contributed by atoms with van der Waals surface area (Å²) in [6, 6.07) is 8.43. The molecule has 0 radical (unpaired) electrons. The molecule has 1 aliphatic heterocycles. The van der Waals surface area contributed by atoms with E-state index in [0.29, 0.717) is 5.95 Å². The van der Waals surface area contributed by atoms with Crippen LogP contribution in [0.1, 0.15) is 26.2 Å². The summed E-state index contributed by atoms with van der Waals surface area (Å²) in [6.45, 7) is 5.29. The topological polar surface area (TPSA) is 50.1 Å². The van der Waals surface area contributed by atoms with Gasteiger partial charge in [0.1, 0.15) is 5.82 Å². The molecule has 2 aromatic heterocycles. The van der Waals surface area contributed by atoms with E-state index in [4.69, 9.17) is 9.97 Å². The molecule has 0 spiro atoms. The molecule has 1 saturated heterocycles. The lowest BCUT2D eigenvalue weighted by Gasteiger charge is -2.29. The average molecular weight is 336 g/mol. The summed E-state index contributed by atoms with van der Waals surface area (Å²) in [6.07, 6.45) is 7.50. The Labute approximate surface area is 148 Å². The Morgan fingerprint density at radius 2 is 1.96 bits per heavy atom. The number of nitrogens with zero attached hydrogens (tertiary/aromatic N) is 6. The molecule has 1 aliphatic rings. The van der Waals surface area contributed by atoms with Gasteiger partial charge in [0.15, 0.2) is 0 Å². The van der Waals surface area contributed by atoms with Crippen molar-refractivity contribution in [2.75, 3.05) is 36.5 Å². The third-order valence-electron chi connectivity index (χ3n) is 4.91. The van der Waals surface area contributed by atoms with Crippen molar-refractivity contribution >= 4 is 22.4 Å². The van der Waals surface area contributed by atoms with Crippen molar-refractivity contribution in [3.63, 3.8) is 0 Å². The smallest absolute Gasteiger partial charge is 0.253 e. The summed E-state index contributed by atoms with van der Waals surface area (Å²) in [5, 5.41) is 5.38. The van der Waals surface area contributed by atoms with Crippen molar-refractivity contribution in [3.8, 4) is 5.95 Å². The Balaban J connectivity index is 1.84. The number of hydrogen-bond acceptors (Lipinski definition) is 5. The molecule has 0 unspecified atom stereocenters. The maximum atomic E-state index is 4.80. The van der Waals surface area contributed by atoms with Crippen LogP contribution in [0, 0.1) is 0 Å². The van der Waals surface area contributed by atoms with Crippen molar-refractivity contribution in [2.24, 2.45) is 0 Å². The molecule has 0 amide bonds. The van der Waals surface area contributed by atoms with E-state index in [-0.39, 0.29) is 0 Å². The highest BCUT2D eigenvalue weighted by atomic mass is 15.3. The van der Waals surface area contributed by atoms with Gasteiger partial charge in [0.05, 0.1) is 5.52 Å². The second-order valence-electron chi connectivity index (χ2n) is 6.56. The molecule has 3 aromatic rings. The van der Waals surface area contributed by atoms with Crippen LogP contribution < -0.4 is 9.80 Å². The minimum Gasteiger partial charge on any atom is -0.372 e. The fourth-order valence-corrected chi connectivity index (χ4v) is 3.37. The zero-order valence-corrected chi connectivity index (χ0v) is 14.9. The van der Waals surface area contributed by atoms with Gasteiger partial charge in [-0.2, -0.15) is 10.1 Å². The molecule has 0 saturated carbocycles. The van der Waals surface area contributed by atoms with Crippen LogP contribution in [0.5, 0.6) is 0 Å². The predicted octanol–water partition coefficient (Wildman–Crippen LogP) is 3.26. The molecule has 4 rings (SSSR count). The van der Waals surface area contributed by atoms with Crippen LogP contribution in [-0.4, -0.2) is 46.4 Å². The van der Waals surface area contributed by atoms with Crippen LogP contribution >= 0.6 is 0 Å². The van der Waals surface area contributed by atoms with Gasteiger partial charge in [-0.05, 0) is 50.5 Å². The van der Waals surface area contributed by atoms with Crippen LogP contribution in [0.2, 0.25) is 0 Å². The number of piperidine rings is 1. The summed E-state index contributed by atoms with van der Waals surface area (Å²) in [5.74, 6) is 1.57. The highest BCUT2D eigenvalue weighted by molar-refractivity contribution is 5.92. The zero-order valence-electron chi connectivity index (χ0n) is 14.9. The van der Waals surface area contributed by atoms with Gasteiger partial charge in [0.2, 0.25) is 0 Å². The third kappa shape index (κ3) is 3.04. The van der Waals surface area contributed by atoms with Crippen molar-refractivity contribution in [1.29, 1.82) is 0 Å². The maximum Gasteiger partial charge on any atom is 0.253 e. The summed E-state index contributed by atoms with van der Waals surface area (Å²) < 4.78 is 1.71. The Morgan fingerprint density at radius 3 is 2.68 bits per heavy atom. The van der Waals surface area contributed by atoms with Crippen LogP contribution in [-0.2, 0) is 0 Å². The predicted molar refractivity (Wildman–Crippen MR) is 102 cm³/mol. The van der Waals surface area contributed by atoms with Crippen LogP contribution in [0.3, 0.4) is 0 Å². The Hall–Kier alpha value is -2.63. The molecule has 0 atom stereocenters. The van der Waals surface area contributed by atoms with Gasteiger partial charge in [-0.1, -0.05) is 0 Å². The molecule has 3 heterocycles. The second kappa shape index (κ2) is 6.70. The van der Waals surface area contributed by atoms with Crippen LogP contribution in [0.15, 0.2) is 36.7 Å². The van der Waals surface area contributed by atoms with Gasteiger partial charge >= 0.3 is 0 Å². The first kappa shape index (κ1) is 15.9. The fourth-order valence-electron chi connectivity index (χ4n) is 3.37. The number of anilines is 2. The summed E-state index contributed by atoms with van der Waals surface area (Å²) >= 11 is 0. The first-order valence-corrected chi connectivity index (χ1v) is 9.04. The van der Waals surface area contributed by atoms with Gasteiger partial charge in [0, 0.05) is 50.1 Å². The molecule has 0 bridgehead atoms. The Bertz CT molecular complexity index is 852. The first-order chi connectivity index (χ1) is 12.3. The minimum atomic E-state index is 0.610. The quantitative estimate of drug-likeness (QED) is 0.732. The fraction of sp³-hybridized carbons (Fsp3) is 0.421.